The largest absolute Gasteiger partial charge is 0.494 e. The number of carbonyl (C=O) groups is 1. The van der Waals surface area contributed by atoms with E-state index in [1.54, 1.807) is 7.11 Å². The first-order chi connectivity index (χ1) is 11.0. The molecule has 0 saturated heterocycles. The second-order valence-corrected chi connectivity index (χ2v) is 6.02. The van der Waals surface area contributed by atoms with Crippen LogP contribution in [-0.4, -0.2) is 32.3 Å². The van der Waals surface area contributed by atoms with Crippen LogP contribution in [0.4, 0.5) is 0 Å². The second-order valence-electron chi connectivity index (χ2n) is 6.02. The lowest BCUT2D eigenvalue weighted by atomic mass is 9.96. The van der Waals surface area contributed by atoms with E-state index >= 15 is 0 Å². The molecule has 1 amide bonds. The summed E-state index contributed by atoms with van der Waals surface area (Å²) in [5.41, 5.74) is 6.61. The number of carbonyl (C=O) groups excluding carboxylic acids is 1. The Labute approximate surface area is 139 Å². The van der Waals surface area contributed by atoms with Crippen molar-refractivity contribution in [3.05, 3.63) is 29.8 Å². The molecule has 2 unspecified atom stereocenters. The number of methoxy groups -OCH3 is 1. The number of hydrogen-bond donors (Lipinski definition) is 2. The van der Waals surface area contributed by atoms with E-state index < -0.39 is 0 Å². The number of para-hydroxylation sites is 1. The molecule has 1 rings (SSSR count). The highest BCUT2D eigenvalue weighted by molar-refractivity contribution is 5.77. The van der Waals surface area contributed by atoms with Gasteiger partial charge in [0.2, 0.25) is 5.91 Å². The lowest BCUT2D eigenvalue weighted by Gasteiger charge is -2.24. The Hall–Kier alpha value is -1.59. The van der Waals surface area contributed by atoms with Gasteiger partial charge in [0.1, 0.15) is 5.75 Å². The van der Waals surface area contributed by atoms with Crippen molar-refractivity contribution < 1.29 is 14.3 Å². The molecule has 1 aromatic rings. The molecule has 0 aliphatic carbocycles. The van der Waals surface area contributed by atoms with Crippen LogP contribution in [0.2, 0.25) is 0 Å². The van der Waals surface area contributed by atoms with Crippen molar-refractivity contribution in [3.8, 4) is 5.75 Å². The third-order valence-electron chi connectivity index (χ3n) is 3.65. The minimum atomic E-state index is -0.253. The maximum absolute atomic E-state index is 12.3. The van der Waals surface area contributed by atoms with Crippen molar-refractivity contribution >= 4 is 5.91 Å². The van der Waals surface area contributed by atoms with Gasteiger partial charge in [-0.1, -0.05) is 32.0 Å². The minimum Gasteiger partial charge on any atom is -0.494 e. The molecule has 0 fully saturated rings. The summed E-state index contributed by atoms with van der Waals surface area (Å²) >= 11 is 0. The van der Waals surface area contributed by atoms with E-state index in [1.807, 2.05) is 31.2 Å². The van der Waals surface area contributed by atoms with Crippen molar-refractivity contribution in [2.24, 2.45) is 11.7 Å². The fourth-order valence-corrected chi connectivity index (χ4v) is 2.51. The Morgan fingerprint density at radius 3 is 2.57 bits per heavy atom. The first-order valence-electron chi connectivity index (χ1n) is 8.25. The molecule has 5 nitrogen and oxygen atoms in total. The normalized spacial score (nSPS) is 13.7. The van der Waals surface area contributed by atoms with Crippen LogP contribution in [0, 0.1) is 5.92 Å². The molecule has 5 heteroatoms. The highest BCUT2D eigenvalue weighted by atomic mass is 16.5. The Morgan fingerprint density at radius 1 is 1.30 bits per heavy atom. The maximum Gasteiger partial charge on any atom is 0.223 e. The van der Waals surface area contributed by atoms with Crippen LogP contribution in [0.1, 0.15) is 45.2 Å². The lowest BCUT2D eigenvalue weighted by Crippen LogP contribution is -2.35. The molecular weight excluding hydrogens is 292 g/mol. The molecule has 1 aromatic carbocycles. The van der Waals surface area contributed by atoms with Crippen molar-refractivity contribution in [2.75, 3.05) is 20.3 Å². The summed E-state index contributed by atoms with van der Waals surface area (Å²) in [6.07, 6.45) is 0.853. The van der Waals surface area contributed by atoms with Crippen molar-refractivity contribution in [3.63, 3.8) is 0 Å². The summed E-state index contributed by atoms with van der Waals surface area (Å²) in [7, 11) is 1.57. The van der Waals surface area contributed by atoms with Gasteiger partial charge in [-0.05, 0) is 25.3 Å². The summed E-state index contributed by atoms with van der Waals surface area (Å²) in [5.74, 6) is 1.21. The average Bonchev–Trinajstić information content (AvgIpc) is 2.52. The fraction of sp³-hybridized carbons (Fsp3) is 0.611. The molecule has 0 aliphatic heterocycles. The molecule has 3 N–H and O–H groups in total. The average molecular weight is 322 g/mol. The van der Waals surface area contributed by atoms with Gasteiger partial charge in [-0.2, -0.15) is 0 Å². The van der Waals surface area contributed by atoms with Crippen LogP contribution in [0.5, 0.6) is 5.75 Å². The fourth-order valence-electron chi connectivity index (χ4n) is 2.51. The SMILES string of the molecule is CCOc1ccccc1C(CC(C)C)NC(=O)CC(CN)OC. The smallest absolute Gasteiger partial charge is 0.223 e. The molecule has 2 atom stereocenters. The topological polar surface area (TPSA) is 73.6 Å². The Kier molecular flexibility index (Phi) is 8.66. The van der Waals surface area contributed by atoms with Crippen LogP contribution in [0.15, 0.2) is 24.3 Å². The van der Waals surface area contributed by atoms with Crippen LogP contribution in [-0.2, 0) is 9.53 Å². The van der Waals surface area contributed by atoms with E-state index in [0.717, 1.165) is 17.7 Å². The summed E-state index contributed by atoms with van der Waals surface area (Å²) in [6, 6.07) is 7.78. The van der Waals surface area contributed by atoms with Gasteiger partial charge in [-0.25, -0.2) is 0 Å². The highest BCUT2D eigenvalue weighted by Gasteiger charge is 2.21. The first kappa shape index (κ1) is 19.5. The molecule has 23 heavy (non-hydrogen) atoms. The molecule has 0 radical (unpaired) electrons. The predicted octanol–water partition coefficient (Wildman–Crippen LogP) is 2.65. The quantitative estimate of drug-likeness (QED) is 0.694. The van der Waals surface area contributed by atoms with Gasteiger partial charge in [-0.15, -0.1) is 0 Å². The van der Waals surface area contributed by atoms with E-state index in [9.17, 15) is 4.79 Å². The Bertz CT molecular complexity index is 473. The monoisotopic (exact) mass is 322 g/mol. The van der Waals surface area contributed by atoms with Gasteiger partial charge in [0.05, 0.1) is 25.2 Å². The standard InChI is InChI=1S/C18H30N2O3/c1-5-23-17-9-7-6-8-15(17)16(10-13(2)3)20-18(21)11-14(12-19)22-4/h6-9,13-14,16H,5,10-12,19H2,1-4H3,(H,20,21). The van der Waals surface area contributed by atoms with Crippen LogP contribution >= 0.6 is 0 Å². The number of rotatable bonds is 10. The van der Waals surface area contributed by atoms with Gasteiger partial charge < -0.3 is 20.5 Å². The van der Waals surface area contributed by atoms with Crippen LogP contribution in [0.3, 0.4) is 0 Å². The summed E-state index contributed by atoms with van der Waals surface area (Å²) in [4.78, 5) is 12.3. The molecule has 0 heterocycles. The van der Waals surface area contributed by atoms with E-state index in [1.165, 1.54) is 0 Å². The number of amides is 1. The summed E-state index contributed by atoms with van der Waals surface area (Å²) < 4.78 is 10.9. The zero-order chi connectivity index (χ0) is 17.2. The van der Waals surface area contributed by atoms with Gasteiger partial charge >= 0.3 is 0 Å². The Balaban J connectivity index is 2.90. The number of benzene rings is 1. The first-order valence-corrected chi connectivity index (χ1v) is 8.25. The zero-order valence-electron chi connectivity index (χ0n) is 14.7. The van der Waals surface area contributed by atoms with Gasteiger partial charge in [0, 0.05) is 19.2 Å². The number of ether oxygens (including phenoxy) is 2. The van der Waals surface area contributed by atoms with Crippen molar-refractivity contribution in [1.29, 1.82) is 0 Å². The number of nitrogens with two attached hydrogens (primary N) is 1. The van der Waals surface area contributed by atoms with Gasteiger partial charge in [-0.3, -0.25) is 4.79 Å². The van der Waals surface area contributed by atoms with Crippen molar-refractivity contribution in [1.82, 2.24) is 5.32 Å². The molecule has 0 spiro atoms. The lowest BCUT2D eigenvalue weighted by molar-refractivity contribution is -0.124. The van der Waals surface area contributed by atoms with Crippen LogP contribution < -0.4 is 15.8 Å². The third-order valence-corrected chi connectivity index (χ3v) is 3.65. The molecule has 0 aliphatic rings. The molecule has 0 saturated carbocycles. The second kappa shape index (κ2) is 10.2. The van der Waals surface area contributed by atoms with Crippen molar-refractivity contribution in [2.45, 2.75) is 45.8 Å². The van der Waals surface area contributed by atoms with E-state index in [-0.39, 0.29) is 24.5 Å². The zero-order valence-corrected chi connectivity index (χ0v) is 14.7. The van der Waals surface area contributed by atoms with E-state index in [2.05, 4.69) is 19.2 Å². The van der Waals surface area contributed by atoms with E-state index in [0.29, 0.717) is 19.1 Å². The number of hydrogen-bond acceptors (Lipinski definition) is 4. The van der Waals surface area contributed by atoms with Crippen LogP contribution in [0.25, 0.3) is 0 Å². The third kappa shape index (κ3) is 6.59. The molecule has 0 aromatic heterocycles. The summed E-state index contributed by atoms with van der Waals surface area (Å²) in [6.45, 7) is 7.16. The molecular formula is C18H30N2O3. The molecule has 130 valence electrons. The number of nitrogens with one attached hydrogen (secondary N) is 1. The Morgan fingerprint density at radius 2 is 2.00 bits per heavy atom. The van der Waals surface area contributed by atoms with Gasteiger partial charge in [0.25, 0.3) is 0 Å². The van der Waals surface area contributed by atoms with Gasteiger partial charge in [0.15, 0.2) is 0 Å². The molecule has 0 bridgehead atoms. The van der Waals surface area contributed by atoms with E-state index in [4.69, 9.17) is 15.2 Å². The predicted molar refractivity (Wildman–Crippen MR) is 92.4 cm³/mol. The highest BCUT2D eigenvalue weighted by Crippen LogP contribution is 2.29. The summed E-state index contributed by atoms with van der Waals surface area (Å²) in [5, 5.41) is 3.11. The minimum absolute atomic E-state index is 0.0562. The maximum atomic E-state index is 12.3.